The summed E-state index contributed by atoms with van der Waals surface area (Å²) in [4.78, 5) is 90.4. The van der Waals surface area contributed by atoms with E-state index in [1.807, 2.05) is 0 Å². The van der Waals surface area contributed by atoms with Gasteiger partial charge in [-0.1, -0.05) is 59.4 Å². The van der Waals surface area contributed by atoms with E-state index in [0.29, 0.717) is 33.1 Å². The predicted octanol–water partition coefficient (Wildman–Crippen LogP) is 17.7. The molecule has 103 heavy (non-hydrogen) atoms. The van der Waals surface area contributed by atoms with Crippen LogP contribution in [0.15, 0.2) is 48.6 Å². The average Bonchev–Trinajstić information content (AvgIpc) is 0.752. The first kappa shape index (κ1) is 100. The summed E-state index contributed by atoms with van der Waals surface area (Å²) in [6.07, 6.45) is -45.5. The van der Waals surface area contributed by atoms with Crippen molar-refractivity contribution in [2.45, 2.75) is 269 Å². The van der Waals surface area contributed by atoms with Gasteiger partial charge in [-0.25, -0.2) is 38.4 Å². The molecule has 42 heteroatoms. The molecule has 0 spiro atoms. The Morgan fingerprint density at radius 1 is 0.388 bits per heavy atom. The highest BCUT2D eigenvalue weighted by Crippen LogP contribution is 2.53. The third kappa shape index (κ3) is 32.4. The monoisotopic (exact) mass is 1560 g/mol. The molecular formula is C61H78F26O16. The van der Waals surface area contributed by atoms with Crippen molar-refractivity contribution < 1.29 is 190 Å². The van der Waals surface area contributed by atoms with E-state index in [0.717, 1.165) is 13.8 Å². The molecule has 0 N–H and O–H groups in total. The van der Waals surface area contributed by atoms with Crippen LogP contribution in [-0.4, -0.2) is 156 Å². The highest BCUT2D eigenvalue weighted by molar-refractivity contribution is 5.88. The molecule has 1 rings (SSSR count). The first-order chi connectivity index (χ1) is 45.5. The molecule has 1 aliphatic carbocycles. The number of carbonyl (C=O) groups is 8. The van der Waals surface area contributed by atoms with Gasteiger partial charge in [-0.2, -0.15) is 114 Å². The second-order valence-corrected chi connectivity index (χ2v) is 24.7. The standard InChI is InChI=1S/C18H22F8O4.C16H20F8O4.C14H19F5O4.C13H17F5O4/c1-10(2)13(27)29-12(11-7-5-4-6-8-11)9-16(17(21,22)23,18(24,25)26)30-14(28)15(3,19)20;1-8(2)6-10(27-11(25)9(3)4)7-14(15(19,20)21,16(22,23)24)28-12(26)13(5,17)18;1-8(2)10(20)22-9(3)6-7-12(4,14(17,18)19)23-11(21)13(5,15)16;1-8(2)9(19)21-7-5-6-11(3,13(16,17)18)22-10(20)12(4,14)15/h11-12H,1,4-9H2,2-3H3;8,10H,3,6-7H2,1-2,4-5H3;9H,1,6-7H2,2-5H3;1,5-7H2,2-4H3. The van der Waals surface area contributed by atoms with Crippen molar-refractivity contribution >= 4 is 47.8 Å². The van der Waals surface area contributed by atoms with Crippen LogP contribution < -0.4 is 0 Å². The van der Waals surface area contributed by atoms with Crippen LogP contribution in [0.5, 0.6) is 0 Å². The van der Waals surface area contributed by atoms with Crippen molar-refractivity contribution in [3.05, 3.63) is 48.6 Å². The van der Waals surface area contributed by atoms with Crippen molar-refractivity contribution in [3.63, 3.8) is 0 Å². The van der Waals surface area contributed by atoms with Crippen molar-refractivity contribution in [3.8, 4) is 0 Å². The minimum Gasteiger partial charge on any atom is -0.462 e. The molecule has 1 aliphatic rings. The van der Waals surface area contributed by atoms with Gasteiger partial charge in [0, 0.05) is 62.8 Å². The number of carbonyl (C=O) groups excluding carboxylic acids is 8. The van der Waals surface area contributed by atoms with Crippen molar-refractivity contribution in [2.24, 2.45) is 11.8 Å². The molecule has 0 bridgehead atoms. The zero-order valence-corrected chi connectivity index (χ0v) is 57.3. The Bertz CT molecular complexity index is 2870. The minimum absolute atomic E-state index is 0.0625. The summed E-state index contributed by atoms with van der Waals surface area (Å²) >= 11 is 0. The fourth-order valence-electron chi connectivity index (χ4n) is 7.81. The summed E-state index contributed by atoms with van der Waals surface area (Å²) in [5.74, 6) is -33.4. The van der Waals surface area contributed by atoms with Gasteiger partial charge in [-0.3, -0.25) is 0 Å². The zero-order chi connectivity index (χ0) is 82.7. The molecule has 5 atom stereocenters. The van der Waals surface area contributed by atoms with Crippen LogP contribution in [0.3, 0.4) is 0 Å². The lowest BCUT2D eigenvalue weighted by Crippen LogP contribution is -2.63. The molecule has 600 valence electrons. The van der Waals surface area contributed by atoms with E-state index in [1.54, 1.807) is 0 Å². The first-order valence-electron chi connectivity index (χ1n) is 29.7. The lowest BCUT2D eigenvalue weighted by Gasteiger charge is -2.41. The number of esters is 8. The Balaban J connectivity index is -0.00000131. The smallest absolute Gasteiger partial charge is 0.437 e. The van der Waals surface area contributed by atoms with Gasteiger partial charge in [-0.15, -0.1) is 0 Å². The number of halogens is 26. The molecule has 0 aromatic rings. The number of ether oxygens (including phenoxy) is 8. The van der Waals surface area contributed by atoms with Gasteiger partial charge in [0.25, 0.3) is 0 Å². The minimum atomic E-state index is -6.32. The molecule has 5 unspecified atom stereocenters. The summed E-state index contributed by atoms with van der Waals surface area (Å²) in [5, 5.41) is 0. The van der Waals surface area contributed by atoms with Gasteiger partial charge >= 0.3 is 120 Å². The molecule has 0 aromatic carbocycles. The summed E-state index contributed by atoms with van der Waals surface area (Å²) in [7, 11) is 0. The van der Waals surface area contributed by atoms with Crippen LogP contribution in [0.1, 0.15) is 167 Å². The highest BCUT2D eigenvalue weighted by Gasteiger charge is 2.77. The summed E-state index contributed by atoms with van der Waals surface area (Å²) < 4.78 is 377. The summed E-state index contributed by atoms with van der Waals surface area (Å²) in [6, 6.07) is 0. The van der Waals surface area contributed by atoms with Gasteiger partial charge in [0.15, 0.2) is 0 Å². The zero-order valence-electron chi connectivity index (χ0n) is 57.3. The maximum Gasteiger partial charge on any atom is 0.437 e. The molecular weight excluding hydrogens is 1480 g/mol. The highest BCUT2D eigenvalue weighted by atomic mass is 19.4. The third-order valence-electron chi connectivity index (χ3n) is 13.8. The van der Waals surface area contributed by atoms with Crippen molar-refractivity contribution in [1.82, 2.24) is 0 Å². The van der Waals surface area contributed by atoms with E-state index >= 15 is 0 Å². The Morgan fingerprint density at radius 2 is 0.689 bits per heavy atom. The average molecular weight is 1560 g/mol. The SMILES string of the molecule is C=C(C)C(=O)OC(C)CCC(C)(OC(=O)C(C)(F)F)C(F)(F)F.C=C(C)C(=O)OC(CC(C)C)CC(OC(=O)C(C)(F)F)(C(F)(F)F)C(F)(F)F.C=C(C)C(=O)OC(CC(OC(=O)C(C)(F)F)(C(F)(F)F)C(F)(F)F)C1CCCCC1.C=C(C)C(=O)OCCCC(C)(OC(=O)C(C)(F)F)C(F)(F)F. The molecule has 0 radical (unpaired) electrons. The van der Waals surface area contributed by atoms with Crippen LogP contribution >= 0.6 is 0 Å². The lowest BCUT2D eigenvalue weighted by molar-refractivity contribution is -0.379. The Labute approximate surface area is 572 Å². The molecule has 0 amide bonds. The topological polar surface area (TPSA) is 210 Å². The molecule has 0 heterocycles. The number of alkyl halides is 26. The summed E-state index contributed by atoms with van der Waals surface area (Å²) in [5.41, 5.74) is -17.3. The molecule has 1 saturated carbocycles. The number of hydrogen-bond acceptors (Lipinski definition) is 16. The predicted molar refractivity (Wildman–Crippen MR) is 305 cm³/mol. The van der Waals surface area contributed by atoms with Gasteiger partial charge in [-0.05, 0) is 105 Å². The van der Waals surface area contributed by atoms with Gasteiger partial charge in [0.1, 0.15) is 12.2 Å². The fourth-order valence-corrected chi connectivity index (χ4v) is 7.81. The molecule has 0 aromatic heterocycles. The van der Waals surface area contributed by atoms with Crippen molar-refractivity contribution in [2.75, 3.05) is 6.61 Å². The molecule has 16 nitrogen and oxygen atoms in total. The summed E-state index contributed by atoms with van der Waals surface area (Å²) in [6.45, 7) is 22.6. The van der Waals surface area contributed by atoms with E-state index in [4.69, 9.17) is 9.47 Å². The van der Waals surface area contributed by atoms with Gasteiger partial charge in [0.2, 0.25) is 11.2 Å². The van der Waals surface area contributed by atoms with E-state index in [1.165, 1.54) is 34.6 Å². The van der Waals surface area contributed by atoms with Crippen LogP contribution in [-0.2, 0) is 76.3 Å². The maximum absolute atomic E-state index is 13.6. The normalized spacial score (nSPS) is 16.0. The number of hydrogen-bond donors (Lipinski definition) is 0. The fraction of sp³-hybridized carbons (Fsp3) is 0.738. The quantitative estimate of drug-likeness (QED) is 0.0224. The van der Waals surface area contributed by atoms with Crippen LogP contribution in [0, 0.1) is 11.8 Å². The van der Waals surface area contributed by atoms with Crippen molar-refractivity contribution in [1.29, 1.82) is 0 Å². The maximum atomic E-state index is 13.6. The Kier molecular flexibility index (Phi) is 36.7. The largest absolute Gasteiger partial charge is 0.462 e. The Morgan fingerprint density at radius 3 is 0.990 bits per heavy atom. The van der Waals surface area contributed by atoms with Gasteiger partial charge in [0.05, 0.1) is 12.7 Å². The molecule has 0 saturated heterocycles. The Hall–Kier alpha value is -7.10. The van der Waals surface area contributed by atoms with Gasteiger partial charge < -0.3 is 37.9 Å². The second-order valence-electron chi connectivity index (χ2n) is 24.7. The van der Waals surface area contributed by atoms with E-state index in [-0.39, 0.29) is 75.7 Å². The lowest BCUT2D eigenvalue weighted by atomic mass is 9.80. The third-order valence-corrected chi connectivity index (χ3v) is 13.8. The van der Waals surface area contributed by atoms with Crippen LogP contribution in [0.25, 0.3) is 0 Å². The number of rotatable bonds is 29. The first-order valence-corrected chi connectivity index (χ1v) is 29.7. The van der Waals surface area contributed by atoms with Crippen LogP contribution in [0.4, 0.5) is 114 Å². The van der Waals surface area contributed by atoms with E-state index in [2.05, 4.69) is 54.7 Å². The molecule has 0 aliphatic heterocycles. The second kappa shape index (κ2) is 37.7. The van der Waals surface area contributed by atoms with E-state index < -0.39 is 200 Å². The molecule has 1 fully saturated rings. The van der Waals surface area contributed by atoms with Crippen LogP contribution in [0.2, 0.25) is 0 Å². The van der Waals surface area contributed by atoms with E-state index in [9.17, 15) is 153 Å².